The van der Waals surface area contributed by atoms with Crippen LogP contribution in [0.5, 0.6) is 0 Å². The maximum Gasteiger partial charge on any atom is 0.297 e. The summed E-state index contributed by atoms with van der Waals surface area (Å²) < 4.78 is 32.9. The van der Waals surface area contributed by atoms with Crippen LogP contribution in [0.3, 0.4) is 0 Å². The molecule has 0 aliphatic heterocycles. The summed E-state index contributed by atoms with van der Waals surface area (Å²) in [4.78, 5) is -2.04. The number of nitrogens with zero attached hydrogens (tertiary/aromatic N) is 1. The van der Waals surface area contributed by atoms with Gasteiger partial charge in [-0.2, -0.15) is 8.42 Å². The highest BCUT2D eigenvalue weighted by Gasteiger charge is 2.53. The molecule has 1 fully saturated rings. The second-order valence-electron chi connectivity index (χ2n) is 3.95. The van der Waals surface area contributed by atoms with Gasteiger partial charge >= 0.3 is 0 Å². The average Bonchev–Trinajstić information content (AvgIpc) is 2.86. The first kappa shape index (κ1) is 10.7. The molecular weight excluding hydrogens is 218 g/mol. The molecule has 1 aliphatic carbocycles. The number of hydrogen-bond acceptors (Lipinski definition) is 3. The molecule has 6 heteroatoms. The molecule has 15 heavy (non-hydrogen) atoms. The topological polar surface area (TPSA) is 79.5 Å². The molecule has 2 rings (SSSR count). The van der Waals surface area contributed by atoms with Gasteiger partial charge in [-0.25, -0.2) is 0 Å². The van der Waals surface area contributed by atoms with E-state index in [4.69, 9.17) is 4.55 Å². The predicted molar refractivity (Wildman–Crippen MR) is 53.7 cm³/mol. The van der Waals surface area contributed by atoms with Crippen molar-refractivity contribution in [1.29, 1.82) is 0 Å². The van der Waals surface area contributed by atoms with E-state index >= 15 is 0 Å². The van der Waals surface area contributed by atoms with Crippen molar-refractivity contribution >= 4 is 10.1 Å². The van der Waals surface area contributed by atoms with Crippen LogP contribution in [0.15, 0.2) is 24.5 Å². The Hall–Kier alpha value is -0.850. The van der Waals surface area contributed by atoms with Crippen molar-refractivity contribution in [3.05, 3.63) is 24.5 Å². The lowest BCUT2D eigenvalue weighted by Crippen LogP contribution is -2.44. The molecule has 1 saturated carbocycles. The standard InChI is InChI=1S/C9H13NO4S/c11-9(8-3-4-8,15(12,13)14)7-10-5-1-2-6-10/h1-2,5-6,8,11H,3-4,7H2,(H,12,13,14). The van der Waals surface area contributed by atoms with E-state index in [1.807, 2.05) is 0 Å². The molecule has 1 aliphatic rings. The molecule has 2 N–H and O–H groups in total. The molecule has 84 valence electrons. The summed E-state index contributed by atoms with van der Waals surface area (Å²) in [6.45, 7) is -0.122. The van der Waals surface area contributed by atoms with Crippen LogP contribution in [0.4, 0.5) is 0 Å². The molecular formula is C9H13NO4S. The van der Waals surface area contributed by atoms with E-state index in [2.05, 4.69) is 0 Å². The van der Waals surface area contributed by atoms with E-state index in [-0.39, 0.29) is 12.5 Å². The smallest absolute Gasteiger partial charge is 0.297 e. The van der Waals surface area contributed by atoms with E-state index in [0.717, 1.165) is 0 Å². The van der Waals surface area contributed by atoms with Gasteiger partial charge in [0.1, 0.15) is 0 Å². The Kier molecular flexibility index (Phi) is 2.37. The fourth-order valence-electron chi connectivity index (χ4n) is 1.69. The molecule has 0 spiro atoms. The zero-order valence-corrected chi connectivity index (χ0v) is 8.89. The van der Waals surface area contributed by atoms with Crippen molar-refractivity contribution in [2.24, 2.45) is 5.92 Å². The number of hydrogen-bond donors (Lipinski definition) is 2. The Morgan fingerprint density at radius 1 is 1.33 bits per heavy atom. The quantitative estimate of drug-likeness (QED) is 0.738. The zero-order valence-electron chi connectivity index (χ0n) is 8.07. The van der Waals surface area contributed by atoms with Gasteiger partial charge in [0.25, 0.3) is 10.1 Å². The molecule has 1 atom stereocenters. The lowest BCUT2D eigenvalue weighted by Gasteiger charge is -2.24. The first-order chi connectivity index (χ1) is 6.93. The summed E-state index contributed by atoms with van der Waals surface area (Å²) in [5.41, 5.74) is 0. The highest BCUT2D eigenvalue weighted by atomic mass is 32.2. The van der Waals surface area contributed by atoms with Crippen molar-refractivity contribution in [2.75, 3.05) is 0 Å². The minimum absolute atomic E-state index is 0.122. The molecule has 1 unspecified atom stereocenters. The van der Waals surface area contributed by atoms with Crippen LogP contribution in [-0.2, 0) is 16.7 Å². The lowest BCUT2D eigenvalue weighted by molar-refractivity contribution is 0.0726. The normalized spacial score (nSPS) is 21.2. The van der Waals surface area contributed by atoms with Crippen LogP contribution >= 0.6 is 0 Å². The fourth-order valence-corrected chi connectivity index (χ4v) is 2.66. The molecule has 0 amide bonds. The minimum atomic E-state index is -4.44. The summed E-state index contributed by atoms with van der Waals surface area (Å²) in [7, 11) is -4.44. The largest absolute Gasteiger partial charge is 0.371 e. The van der Waals surface area contributed by atoms with Crippen LogP contribution in [0.2, 0.25) is 0 Å². The van der Waals surface area contributed by atoms with Gasteiger partial charge in [0.05, 0.1) is 6.54 Å². The Bertz CT molecular complexity index is 435. The van der Waals surface area contributed by atoms with Crippen molar-refractivity contribution in [3.63, 3.8) is 0 Å². The van der Waals surface area contributed by atoms with Gasteiger partial charge in [0, 0.05) is 18.3 Å². The second-order valence-corrected chi connectivity index (χ2v) is 5.61. The zero-order chi connectivity index (χ0) is 11.1. The molecule has 1 heterocycles. The van der Waals surface area contributed by atoms with Gasteiger partial charge in [-0.05, 0) is 25.0 Å². The molecule has 5 nitrogen and oxygen atoms in total. The summed E-state index contributed by atoms with van der Waals surface area (Å²) in [5.74, 6) is -0.352. The summed E-state index contributed by atoms with van der Waals surface area (Å²) >= 11 is 0. The third-order valence-corrected chi connectivity index (χ3v) is 4.09. The van der Waals surface area contributed by atoms with Crippen LogP contribution in [0.25, 0.3) is 0 Å². The maximum absolute atomic E-state index is 11.2. The SMILES string of the molecule is O=S(=O)(O)C(O)(Cn1cccc1)C1CC1. The van der Waals surface area contributed by atoms with Gasteiger partial charge in [0.15, 0.2) is 0 Å². The second kappa shape index (κ2) is 3.33. The molecule has 1 aromatic rings. The highest BCUT2D eigenvalue weighted by Crippen LogP contribution is 2.43. The first-order valence-corrected chi connectivity index (χ1v) is 6.18. The van der Waals surface area contributed by atoms with E-state index in [9.17, 15) is 13.5 Å². The highest BCUT2D eigenvalue weighted by molar-refractivity contribution is 7.87. The molecule has 0 radical (unpaired) electrons. The van der Waals surface area contributed by atoms with Crippen molar-refractivity contribution in [2.45, 2.75) is 24.3 Å². The molecule has 0 saturated heterocycles. The first-order valence-electron chi connectivity index (χ1n) is 4.73. The van der Waals surface area contributed by atoms with Gasteiger partial charge < -0.3 is 9.67 Å². The van der Waals surface area contributed by atoms with Crippen LogP contribution in [-0.4, -0.2) is 27.6 Å². The third-order valence-electron chi connectivity index (χ3n) is 2.74. The van der Waals surface area contributed by atoms with E-state index in [1.54, 1.807) is 29.1 Å². The Balaban J connectivity index is 2.28. The van der Waals surface area contributed by atoms with Crippen LogP contribution in [0, 0.1) is 5.92 Å². The Labute approximate surface area is 88.1 Å². The van der Waals surface area contributed by atoms with E-state index in [1.165, 1.54) is 0 Å². The number of aliphatic hydroxyl groups is 1. The number of aromatic nitrogens is 1. The summed E-state index contributed by atoms with van der Waals surface area (Å²) in [5, 5.41) is 10.0. The summed E-state index contributed by atoms with van der Waals surface area (Å²) in [6, 6.07) is 3.47. The molecule has 0 bridgehead atoms. The van der Waals surface area contributed by atoms with E-state index < -0.39 is 15.1 Å². The number of rotatable bonds is 4. The van der Waals surface area contributed by atoms with Crippen LogP contribution < -0.4 is 0 Å². The van der Waals surface area contributed by atoms with Crippen molar-refractivity contribution in [1.82, 2.24) is 4.57 Å². The van der Waals surface area contributed by atoms with Gasteiger partial charge in [-0.1, -0.05) is 0 Å². The Morgan fingerprint density at radius 2 is 1.87 bits per heavy atom. The maximum atomic E-state index is 11.2. The third kappa shape index (κ3) is 1.92. The predicted octanol–water partition coefficient (Wildman–Crippen LogP) is 0.474. The summed E-state index contributed by atoms with van der Waals surface area (Å²) in [6.07, 6.45) is 4.58. The minimum Gasteiger partial charge on any atom is -0.371 e. The fraction of sp³-hybridized carbons (Fsp3) is 0.556. The van der Waals surface area contributed by atoms with Gasteiger partial charge in [-0.3, -0.25) is 4.55 Å². The molecule has 1 aromatic heterocycles. The van der Waals surface area contributed by atoms with E-state index in [0.29, 0.717) is 12.8 Å². The average molecular weight is 231 g/mol. The Morgan fingerprint density at radius 3 is 2.27 bits per heavy atom. The molecule has 0 aromatic carbocycles. The van der Waals surface area contributed by atoms with Gasteiger partial charge in [-0.15, -0.1) is 0 Å². The van der Waals surface area contributed by atoms with Gasteiger partial charge in [0.2, 0.25) is 4.93 Å². The van der Waals surface area contributed by atoms with Crippen molar-refractivity contribution < 1.29 is 18.1 Å². The van der Waals surface area contributed by atoms with Crippen LogP contribution in [0.1, 0.15) is 12.8 Å². The lowest BCUT2D eigenvalue weighted by atomic mass is 10.2. The monoisotopic (exact) mass is 231 g/mol. The van der Waals surface area contributed by atoms with Crippen molar-refractivity contribution in [3.8, 4) is 0 Å².